The molecule has 0 spiro atoms. The van der Waals surface area contributed by atoms with Gasteiger partial charge < -0.3 is 10.2 Å². The van der Waals surface area contributed by atoms with Crippen LogP contribution in [0.25, 0.3) is 0 Å². The summed E-state index contributed by atoms with van der Waals surface area (Å²) >= 11 is 5.61. The lowest BCUT2D eigenvalue weighted by molar-refractivity contribution is -0.125. The van der Waals surface area contributed by atoms with E-state index in [4.69, 9.17) is 11.6 Å². The van der Waals surface area contributed by atoms with Crippen LogP contribution >= 0.6 is 11.6 Å². The summed E-state index contributed by atoms with van der Waals surface area (Å²) in [5.74, 6) is -2.48. The average Bonchev–Trinajstić information content (AvgIpc) is 3.23. The lowest BCUT2D eigenvalue weighted by Gasteiger charge is -2.27. The highest BCUT2D eigenvalue weighted by molar-refractivity contribution is 7.90. The van der Waals surface area contributed by atoms with Gasteiger partial charge in [-0.05, 0) is 49.6 Å². The molecule has 2 atom stereocenters. The fraction of sp³-hybridized carbons (Fsp3) is 0.364. The van der Waals surface area contributed by atoms with Crippen LogP contribution in [-0.4, -0.2) is 44.0 Å². The Labute approximate surface area is 190 Å². The quantitative estimate of drug-likeness (QED) is 0.630. The van der Waals surface area contributed by atoms with Crippen molar-refractivity contribution in [2.45, 2.75) is 43.2 Å². The van der Waals surface area contributed by atoms with E-state index in [1.807, 2.05) is 0 Å². The monoisotopic (exact) mass is 484 g/mol. The normalized spacial score (nSPS) is 17.3. The summed E-state index contributed by atoms with van der Waals surface area (Å²) < 4.78 is 51.8. The Bertz CT molecular complexity index is 1160. The van der Waals surface area contributed by atoms with E-state index in [1.54, 1.807) is 6.92 Å². The molecule has 0 aliphatic carbocycles. The minimum atomic E-state index is -3.50. The molecule has 1 unspecified atom stereocenters. The Balaban J connectivity index is 1.81. The van der Waals surface area contributed by atoms with Crippen LogP contribution in [0.4, 0.5) is 8.78 Å². The van der Waals surface area contributed by atoms with Gasteiger partial charge in [0.2, 0.25) is 5.91 Å². The van der Waals surface area contributed by atoms with Crippen molar-refractivity contribution in [3.63, 3.8) is 0 Å². The molecule has 0 bridgehead atoms. The molecule has 2 amide bonds. The van der Waals surface area contributed by atoms with Crippen LogP contribution < -0.4 is 5.32 Å². The zero-order valence-electron chi connectivity index (χ0n) is 17.6. The number of halogens is 3. The molecule has 6 nitrogen and oxygen atoms in total. The summed E-state index contributed by atoms with van der Waals surface area (Å²) in [6, 6.07) is 5.85. The van der Waals surface area contributed by atoms with Gasteiger partial charge in [0.25, 0.3) is 5.91 Å². The molecule has 32 heavy (non-hydrogen) atoms. The van der Waals surface area contributed by atoms with E-state index in [-0.39, 0.29) is 21.0 Å². The first-order chi connectivity index (χ1) is 15.0. The number of amides is 2. The van der Waals surface area contributed by atoms with Crippen LogP contribution in [0.2, 0.25) is 5.02 Å². The summed E-state index contributed by atoms with van der Waals surface area (Å²) in [5.41, 5.74) is 0.130. The van der Waals surface area contributed by atoms with E-state index in [9.17, 15) is 26.8 Å². The highest BCUT2D eigenvalue weighted by atomic mass is 35.5. The summed E-state index contributed by atoms with van der Waals surface area (Å²) in [6.07, 6.45) is 2.32. The Kier molecular flexibility index (Phi) is 7.19. The first-order valence-electron chi connectivity index (χ1n) is 10.1. The van der Waals surface area contributed by atoms with Crippen LogP contribution in [0.3, 0.4) is 0 Å². The van der Waals surface area contributed by atoms with E-state index in [0.29, 0.717) is 25.8 Å². The number of carbonyl (C=O) groups is 2. The first-order valence-corrected chi connectivity index (χ1v) is 12.4. The van der Waals surface area contributed by atoms with Gasteiger partial charge in [-0.1, -0.05) is 24.6 Å². The average molecular weight is 485 g/mol. The molecule has 172 valence electrons. The molecule has 3 rings (SSSR count). The SMILES string of the molecule is CCC(NC(=O)[C@H]1CCCN1C(=O)c1cccc(S(C)(=O)=O)c1)c1cc(F)c(Cl)cc1F. The molecule has 1 N–H and O–H groups in total. The van der Waals surface area contributed by atoms with Crippen molar-refractivity contribution in [3.8, 4) is 0 Å². The molecular formula is C22H23ClF2N2O4S. The highest BCUT2D eigenvalue weighted by Crippen LogP contribution is 2.27. The van der Waals surface area contributed by atoms with E-state index in [2.05, 4.69) is 5.32 Å². The second-order valence-corrected chi connectivity index (χ2v) is 10.1. The molecule has 1 aliphatic rings. The predicted molar refractivity (Wildman–Crippen MR) is 116 cm³/mol. The van der Waals surface area contributed by atoms with E-state index < -0.39 is 45.4 Å². The van der Waals surface area contributed by atoms with Gasteiger partial charge in [0.15, 0.2) is 9.84 Å². The van der Waals surface area contributed by atoms with Crippen LogP contribution in [0.15, 0.2) is 41.3 Å². The third kappa shape index (κ3) is 5.10. The number of nitrogens with zero attached hydrogens (tertiary/aromatic N) is 1. The van der Waals surface area contributed by atoms with Crippen molar-refractivity contribution >= 4 is 33.3 Å². The standard InChI is InChI=1S/C22H23ClF2N2O4S/c1-3-19(15-11-18(25)16(23)12-17(15)24)26-21(28)20-8-5-9-27(20)22(29)13-6-4-7-14(10-13)32(2,30)31/h4,6-7,10-12,19-20H,3,5,8-9H2,1-2H3,(H,26,28)/t19?,20-/m1/s1. The number of carbonyl (C=O) groups excluding carboxylic acids is 2. The first kappa shape index (κ1) is 24.1. The van der Waals surface area contributed by atoms with Crippen molar-refractivity contribution in [1.29, 1.82) is 0 Å². The second kappa shape index (κ2) is 9.54. The van der Waals surface area contributed by atoms with Crippen LogP contribution in [0, 0.1) is 11.6 Å². The summed E-state index contributed by atoms with van der Waals surface area (Å²) in [7, 11) is -3.50. The second-order valence-electron chi connectivity index (χ2n) is 7.71. The molecule has 10 heteroatoms. The number of sulfone groups is 1. The van der Waals surface area contributed by atoms with Crippen LogP contribution in [0.1, 0.15) is 48.1 Å². The smallest absolute Gasteiger partial charge is 0.254 e. The predicted octanol–water partition coefficient (Wildman–Crippen LogP) is 3.89. The number of likely N-dealkylation sites (tertiary alicyclic amines) is 1. The van der Waals surface area contributed by atoms with Gasteiger partial charge in [-0.3, -0.25) is 9.59 Å². The fourth-order valence-corrected chi connectivity index (χ4v) is 4.60. The lowest BCUT2D eigenvalue weighted by Crippen LogP contribution is -2.47. The molecule has 0 aromatic heterocycles. The molecule has 1 heterocycles. The molecular weight excluding hydrogens is 462 g/mol. The zero-order chi connectivity index (χ0) is 23.6. The van der Waals surface area contributed by atoms with Crippen molar-refractivity contribution in [1.82, 2.24) is 10.2 Å². The van der Waals surface area contributed by atoms with E-state index in [0.717, 1.165) is 18.4 Å². The number of hydrogen-bond donors (Lipinski definition) is 1. The van der Waals surface area contributed by atoms with Gasteiger partial charge in [-0.25, -0.2) is 17.2 Å². The maximum atomic E-state index is 14.3. The van der Waals surface area contributed by atoms with Crippen molar-refractivity contribution < 1.29 is 26.8 Å². The van der Waals surface area contributed by atoms with Gasteiger partial charge in [-0.15, -0.1) is 0 Å². The molecule has 2 aromatic carbocycles. The summed E-state index contributed by atoms with van der Waals surface area (Å²) in [4.78, 5) is 27.4. The van der Waals surface area contributed by atoms with Crippen LogP contribution in [-0.2, 0) is 14.6 Å². The fourth-order valence-electron chi connectivity index (χ4n) is 3.78. The summed E-state index contributed by atoms with van der Waals surface area (Å²) in [6.45, 7) is 2.03. The van der Waals surface area contributed by atoms with Crippen molar-refractivity contribution in [2.24, 2.45) is 0 Å². The third-order valence-electron chi connectivity index (χ3n) is 5.47. The Morgan fingerprint density at radius 1 is 1.22 bits per heavy atom. The van der Waals surface area contributed by atoms with Gasteiger partial charge in [-0.2, -0.15) is 0 Å². The minimum Gasteiger partial charge on any atom is -0.347 e. The molecule has 2 aromatic rings. The van der Waals surface area contributed by atoms with Gasteiger partial charge in [0.05, 0.1) is 16.0 Å². The van der Waals surface area contributed by atoms with Gasteiger partial charge in [0.1, 0.15) is 17.7 Å². The Morgan fingerprint density at radius 2 is 1.94 bits per heavy atom. The Morgan fingerprint density at radius 3 is 2.59 bits per heavy atom. The molecule has 1 aliphatic heterocycles. The van der Waals surface area contributed by atoms with Crippen LogP contribution in [0.5, 0.6) is 0 Å². The molecule has 0 radical (unpaired) electrons. The summed E-state index contributed by atoms with van der Waals surface area (Å²) in [5, 5.41) is 2.36. The largest absolute Gasteiger partial charge is 0.347 e. The number of nitrogens with one attached hydrogen (secondary N) is 1. The lowest BCUT2D eigenvalue weighted by atomic mass is 10.0. The highest BCUT2D eigenvalue weighted by Gasteiger charge is 2.36. The molecule has 0 saturated carbocycles. The number of hydrogen-bond acceptors (Lipinski definition) is 4. The van der Waals surface area contributed by atoms with Crippen molar-refractivity contribution in [2.75, 3.05) is 12.8 Å². The van der Waals surface area contributed by atoms with E-state index in [1.165, 1.54) is 29.2 Å². The topological polar surface area (TPSA) is 83.6 Å². The molecule has 1 saturated heterocycles. The Hall–Kier alpha value is -2.52. The van der Waals surface area contributed by atoms with E-state index >= 15 is 0 Å². The maximum absolute atomic E-state index is 14.3. The maximum Gasteiger partial charge on any atom is 0.254 e. The zero-order valence-corrected chi connectivity index (χ0v) is 19.1. The third-order valence-corrected chi connectivity index (χ3v) is 6.87. The molecule has 1 fully saturated rings. The van der Waals surface area contributed by atoms with Gasteiger partial charge >= 0.3 is 0 Å². The van der Waals surface area contributed by atoms with Crippen molar-refractivity contribution in [3.05, 3.63) is 64.2 Å². The minimum absolute atomic E-state index is 0.00911. The number of rotatable bonds is 6. The van der Waals surface area contributed by atoms with Gasteiger partial charge in [0, 0.05) is 23.9 Å². The number of benzene rings is 2.